The van der Waals surface area contributed by atoms with Gasteiger partial charge in [0.2, 0.25) is 0 Å². The first-order valence-corrected chi connectivity index (χ1v) is 7.56. The molecule has 2 rings (SSSR count). The van der Waals surface area contributed by atoms with E-state index in [9.17, 15) is 0 Å². The molecule has 0 nitrogen and oxygen atoms in total. The van der Waals surface area contributed by atoms with Gasteiger partial charge in [0.25, 0.3) is 0 Å². The fraction of sp³-hybridized carbons (Fsp3) is 0.357. The van der Waals surface area contributed by atoms with Crippen LogP contribution in [0.1, 0.15) is 25.3 Å². The van der Waals surface area contributed by atoms with Crippen LogP contribution < -0.4 is 0 Å². The maximum atomic E-state index is 6.18. The maximum absolute atomic E-state index is 6.18. The Bertz CT molecular complexity index is 428. The molecule has 0 aliphatic heterocycles. The molecule has 1 radical (unpaired) electrons. The average Bonchev–Trinajstić information content (AvgIpc) is 3.05. The van der Waals surface area contributed by atoms with E-state index in [1.165, 1.54) is 18.1 Å². The van der Waals surface area contributed by atoms with Gasteiger partial charge in [-0.2, -0.15) is 11.8 Å². The van der Waals surface area contributed by atoms with E-state index in [0.717, 1.165) is 17.6 Å². The molecule has 1 atom stereocenters. The maximum Gasteiger partial charge on any atom is 0.0495 e. The van der Waals surface area contributed by atoms with E-state index in [-0.39, 0.29) is 0 Å². The molecule has 0 spiro atoms. The van der Waals surface area contributed by atoms with Gasteiger partial charge in [-0.3, -0.25) is 0 Å². The minimum Gasteiger partial charge on any atom is -0.158 e. The zero-order valence-electron chi connectivity index (χ0n) is 9.80. The van der Waals surface area contributed by atoms with E-state index < -0.39 is 0 Å². The smallest absolute Gasteiger partial charge is 0.0495 e. The van der Waals surface area contributed by atoms with Crippen LogP contribution in [0, 0.1) is 5.92 Å². The van der Waals surface area contributed by atoms with Crippen LogP contribution in [0.3, 0.4) is 0 Å². The number of rotatable bonds is 5. The molecular formula is C14H15Cl2S. The Morgan fingerprint density at radius 1 is 1.47 bits per heavy atom. The van der Waals surface area contributed by atoms with Gasteiger partial charge in [-0.15, -0.1) is 0 Å². The van der Waals surface area contributed by atoms with Crippen LogP contribution in [-0.2, 0) is 0 Å². The monoisotopic (exact) mass is 285 g/mol. The summed E-state index contributed by atoms with van der Waals surface area (Å²) in [4.78, 5) is 0. The minimum absolute atomic E-state index is 0.661. The Balaban J connectivity index is 2.02. The van der Waals surface area contributed by atoms with E-state index in [0.29, 0.717) is 15.3 Å². The van der Waals surface area contributed by atoms with Crippen LogP contribution in [0.25, 0.3) is 5.57 Å². The van der Waals surface area contributed by atoms with Gasteiger partial charge in [0.05, 0.1) is 0 Å². The highest BCUT2D eigenvalue weighted by molar-refractivity contribution is 8.00. The van der Waals surface area contributed by atoms with Crippen molar-refractivity contribution in [2.75, 3.05) is 5.75 Å². The molecule has 1 saturated carbocycles. The number of hydrogen-bond donors (Lipinski definition) is 0. The number of benzene rings is 1. The van der Waals surface area contributed by atoms with Gasteiger partial charge in [-0.25, -0.2) is 0 Å². The lowest BCUT2D eigenvalue weighted by molar-refractivity contribution is 1.10. The Morgan fingerprint density at radius 3 is 2.88 bits per heavy atom. The zero-order valence-corrected chi connectivity index (χ0v) is 12.1. The first kappa shape index (κ1) is 13.3. The van der Waals surface area contributed by atoms with Gasteiger partial charge < -0.3 is 0 Å². The lowest BCUT2D eigenvalue weighted by Crippen LogP contribution is -1.89. The Kier molecular flexibility index (Phi) is 4.46. The van der Waals surface area contributed by atoms with Gasteiger partial charge in [-0.05, 0) is 41.9 Å². The molecule has 0 aromatic heterocycles. The standard InChI is InChI=1S/C14H15Cl2S/c1-3-6-17-14-8-12(14)9(2)11-5-4-10(15)7-13(11)16/h4-5,7,14H,2-3,6,8H2,1H3. The van der Waals surface area contributed by atoms with Crippen LogP contribution in [0.15, 0.2) is 24.8 Å². The van der Waals surface area contributed by atoms with Crippen LogP contribution in [0.4, 0.5) is 0 Å². The van der Waals surface area contributed by atoms with Crippen molar-refractivity contribution in [3.63, 3.8) is 0 Å². The zero-order chi connectivity index (χ0) is 12.4. The second-order valence-electron chi connectivity index (χ2n) is 4.19. The molecular weight excluding hydrogens is 271 g/mol. The quantitative estimate of drug-likeness (QED) is 0.689. The van der Waals surface area contributed by atoms with Crippen LogP contribution >= 0.6 is 35.0 Å². The van der Waals surface area contributed by atoms with Crippen molar-refractivity contribution < 1.29 is 0 Å². The van der Waals surface area contributed by atoms with Crippen molar-refractivity contribution >= 4 is 40.5 Å². The summed E-state index contributed by atoms with van der Waals surface area (Å²) >= 11 is 14.1. The number of hydrogen-bond acceptors (Lipinski definition) is 1. The van der Waals surface area contributed by atoms with Crippen LogP contribution in [0.2, 0.25) is 10.0 Å². The highest BCUT2D eigenvalue weighted by Crippen LogP contribution is 2.52. The lowest BCUT2D eigenvalue weighted by atomic mass is 10.0. The number of allylic oxidation sites excluding steroid dienone is 1. The molecule has 0 N–H and O–H groups in total. The Labute approximate surface area is 117 Å². The SMILES string of the molecule is C=C([C]1CC1SCCC)c1ccc(Cl)cc1Cl. The molecule has 1 aromatic rings. The Hall–Kier alpha value is -0.110. The third-order valence-electron chi connectivity index (χ3n) is 2.80. The molecule has 0 amide bonds. The first-order chi connectivity index (χ1) is 8.13. The van der Waals surface area contributed by atoms with Crippen molar-refractivity contribution in [2.24, 2.45) is 0 Å². The summed E-state index contributed by atoms with van der Waals surface area (Å²) in [6.07, 6.45) is 2.38. The molecule has 0 saturated heterocycles. The van der Waals surface area contributed by atoms with Crippen molar-refractivity contribution in [3.8, 4) is 0 Å². The van der Waals surface area contributed by atoms with Gasteiger partial charge >= 0.3 is 0 Å². The lowest BCUT2D eigenvalue weighted by Gasteiger charge is -2.07. The van der Waals surface area contributed by atoms with E-state index >= 15 is 0 Å². The van der Waals surface area contributed by atoms with Crippen molar-refractivity contribution in [3.05, 3.63) is 46.3 Å². The molecule has 91 valence electrons. The molecule has 0 heterocycles. The second-order valence-corrected chi connectivity index (χ2v) is 6.35. The molecule has 1 unspecified atom stereocenters. The van der Waals surface area contributed by atoms with E-state index in [1.807, 2.05) is 23.9 Å². The van der Waals surface area contributed by atoms with Crippen LogP contribution in [0.5, 0.6) is 0 Å². The van der Waals surface area contributed by atoms with Gasteiger partial charge in [0, 0.05) is 21.2 Å². The fourth-order valence-electron chi connectivity index (χ4n) is 1.79. The number of halogens is 2. The van der Waals surface area contributed by atoms with Gasteiger partial charge in [0.1, 0.15) is 0 Å². The van der Waals surface area contributed by atoms with E-state index in [4.69, 9.17) is 23.2 Å². The molecule has 1 fully saturated rings. The largest absolute Gasteiger partial charge is 0.158 e. The predicted octanol–water partition coefficient (Wildman–Crippen LogP) is 5.50. The Morgan fingerprint density at radius 2 is 2.24 bits per heavy atom. The van der Waals surface area contributed by atoms with Crippen molar-refractivity contribution in [1.29, 1.82) is 0 Å². The highest BCUT2D eigenvalue weighted by Gasteiger charge is 2.40. The summed E-state index contributed by atoms with van der Waals surface area (Å²) < 4.78 is 0. The second kappa shape index (κ2) is 5.69. The fourth-order valence-corrected chi connectivity index (χ4v) is 3.47. The molecule has 3 heteroatoms. The third-order valence-corrected chi connectivity index (χ3v) is 4.85. The van der Waals surface area contributed by atoms with Gasteiger partial charge in [-0.1, -0.05) is 42.8 Å². The average molecular weight is 286 g/mol. The van der Waals surface area contributed by atoms with E-state index in [2.05, 4.69) is 13.5 Å². The summed E-state index contributed by atoms with van der Waals surface area (Å²) in [6.45, 7) is 6.37. The van der Waals surface area contributed by atoms with Gasteiger partial charge in [0.15, 0.2) is 0 Å². The normalized spacial score (nSPS) is 19.4. The highest BCUT2D eigenvalue weighted by atomic mass is 35.5. The summed E-state index contributed by atoms with van der Waals surface area (Å²) in [5.41, 5.74) is 2.10. The summed E-state index contributed by atoms with van der Waals surface area (Å²) in [6, 6.07) is 5.60. The minimum atomic E-state index is 0.661. The van der Waals surface area contributed by atoms with Crippen LogP contribution in [-0.4, -0.2) is 11.0 Å². The molecule has 1 aromatic carbocycles. The van der Waals surface area contributed by atoms with E-state index in [1.54, 1.807) is 6.07 Å². The first-order valence-electron chi connectivity index (χ1n) is 5.75. The molecule has 0 bridgehead atoms. The molecule has 1 aliphatic rings. The topological polar surface area (TPSA) is 0 Å². The summed E-state index contributed by atoms with van der Waals surface area (Å²) in [7, 11) is 0. The summed E-state index contributed by atoms with van der Waals surface area (Å²) in [5, 5.41) is 2.03. The third kappa shape index (κ3) is 3.21. The molecule has 1 aliphatic carbocycles. The van der Waals surface area contributed by atoms with Crippen molar-refractivity contribution in [2.45, 2.75) is 25.0 Å². The number of thioether (sulfide) groups is 1. The van der Waals surface area contributed by atoms with Crippen molar-refractivity contribution in [1.82, 2.24) is 0 Å². The summed E-state index contributed by atoms with van der Waals surface area (Å²) in [5.74, 6) is 2.66. The predicted molar refractivity (Wildman–Crippen MR) is 79.9 cm³/mol. The molecule has 17 heavy (non-hydrogen) atoms.